The predicted octanol–water partition coefficient (Wildman–Crippen LogP) is 2.48. The minimum absolute atomic E-state index is 0.102. The third kappa shape index (κ3) is 7.42. The van der Waals surface area contributed by atoms with Gasteiger partial charge in [0.15, 0.2) is 18.1 Å². The maximum atomic E-state index is 12.2. The summed E-state index contributed by atoms with van der Waals surface area (Å²) in [4.78, 5) is 17.7. The molecule has 178 valence electrons. The Hall–Kier alpha value is -3.74. The molecule has 0 spiro atoms. The smallest absolute Gasteiger partial charge is 0.505 e. The molecule has 10 nitrogen and oxygen atoms in total. The molecule has 1 aliphatic heterocycles. The molecule has 13 heteroatoms. The maximum absolute atomic E-state index is 12.2. The van der Waals surface area contributed by atoms with Gasteiger partial charge in [-0.2, -0.15) is 5.10 Å². The second-order valence-corrected chi connectivity index (χ2v) is 7.00. The second kappa shape index (κ2) is 10.3. The van der Waals surface area contributed by atoms with Gasteiger partial charge < -0.3 is 29.0 Å². The van der Waals surface area contributed by atoms with Crippen molar-refractivity contribution in [3.05, 3.63) is 54.5 Å². The van der Waals surface area contributed by atoms with E-state index in [1.54, 1.807) is 7.05 Å². The zero-order valence-corrected chi connectivity index (χ0v) is 17.4. The van der Waals surface area contributed by atoms with Gasteiger partial charge in [0.2, 0.25) is 5.89 Å². The molecular weight excluding hydrogens is 449 g/mol. The molecule has 0 aliphatic carbocycles. The van der Waals surface area contributed by atoms with E-state index in [1.165, 1.54) is 40.4 Å². The Balaban J connectivity index is 0.000000374. The lowest BCUT2D eigenvalue weighted by Gasteiger charge is -2.12. The lowest BCUT2D eigenvalue weighted by molar-refractivity contribution is -0.274. The maximum Gasteiger partial charge on any atom is 0.573 e. The zero-order valence-electron chi connectivity index (χ0n) is 17.4. The molecule has 0 radical (unpaired) electrons. The first-order valence-corrected chi connectivity index (χ1v) is 9.67. The number of aromatic nitrogens is 3. The van der Waals surface area contributed by atoms with Crippen LogP contribution in [0.15, 0.2) is 47.3 Å². The monoisotopic (exact) mass is 470 g/mol. The van der Waals surface area contributed by atoms with Gasteiger partial charge in [-0.25, -0.2) is 4.98 Å². The Kier molecular flexibility index (Phi) is 7.43. The number of amides is 1. The van der Waals surface area contributed by atoms with Crippen LogP contribution in [0.3, 0.4) is 0 Å². The molecule has 1 amide bonds. The van der Waals surface area contributed by atoms with Gasteiger partial charge in [-0.3, -0.25) is 9.48 Å². The fourth-order valence-corrected chi connectivity index (χ4v) is 2.85. The number of benzene rings is 1. The first-order valence-electron chi connectivity index (χ1n) is 9.67. The summed E-state index contributed by atoms with van der Waals surface area (Å²) in [7, 11) is 1.75. The number of aromatic hydroxyl groups is 1. The number of β-amino-alcohol motifs (C(OH)–C–C–N with tert-alkyl or cyclic N) is 1. The summed E-state index contributed by atoms with van der Waals surface area (Å²) in [6, 6.07) is 4.85. The van der Waals surface area contributed by atoms with Gasteiger partial charge in [-0.15, -0.1) is 13.2 Å². The van der Waals surface area contributed by atoms with Crippen molar-refractivity contribution in [3.8, 4) is 17.2 Å². The molecule has 33 heavy (non-hydrogen) atoms. The highest BCUT2D eigenvalue weighted by Gasteiger charge is 2.31. The number of rotatable bonds is 5. The van der Waals surface area contributed by atoms with Crippen LogP contribution in [0.2, 0.25) is 0 Å². The van der Waals surface area contributed by atoms with Crippen molar-refractivity contribution in [1.82, 2.24) is 19.7 Å². The molecule has 3 aromatic rings. The number of aliphatic hydroxyl groups is 1. The van der Waals surface area contributed by atoms with Gasteiger partial charge in [-0.05, 0) is 30.7 Å². The van der Waals surface area contributed by atoms with Crippen LogP contribution < -0.4 is 9.47 Å². The quantitative estimate of drug-likeness (QED) is 0.583. The van der Waals surface area contributed by atoms with Gasteiger partial charge in [-0.1, -0.05) is 0 Å². The molecule has 1 unspecified atom stereocenters. The van der Waals surface area contributed by atoms with E-state index in [1.807, 2.05) is 0 Å². The van der Waals surface area contributed by atoms with Gasteiger partial charge in [0.05, 0.1) is 18.5 Å². The molecule has 1 saturated heterocycles. The van der Waals surface area contributed by atoms with Crippen LogP contribution in [0, 0.1) is 0 Å². The van der Waals surface area contributed by atoms with Crippen molar-refractivity contribution in [2.75, 3.05) is 13.1 Å². The minimum atomic E-state index is -4.76. The van der Waals surface area contributed by atoms with Gasteiger partial charge in [0.25, 0.3) is 5.91 Å². The molecule has 2 aromatic heterocycles. The van der Waals surface area contributed by atoms with Crippen LogP contribution >= 0.6 is 0 Å². The molecule has 1 aliphatic rings. The van der Waals surface area contributed by atoms with Crippen LogP contribution in [0.4, 0.5) is 13.2 Å². The fraction of sp³-hybridized carbons (Fsp3) is 0.350. The summed E-state index contributed by atoms with van der Waals surface area (Å²) in [6.07, 6.45) is -0.646. The Morgan fingerprint density at radius 2 is 1.97 bits per heavy atom. The van der Waals surface area contributed by atoms with E-state index in [0.717, 1.165) is 12.1 Å². The topological polar surface area (TPSA) is 123 Å². The molecule has 1 fully saturated rings. The van der Waals surface area contributed by atoms with E-state index in [0.29, 0.717) is 13.0 Å². The number of aryl methyl sites for hydroxylation is 1. The molecule has 1 aromatic carbocycles. The number of hydrogen-bond donors (Lipinski definition) is 2. The molecular formula is C20H21F3N4O6. The number of halogens is 3. The van der Waals surface area contributed by atoms with Crippen molar-refractivity contribution in [3.63, 3.8) is 0 Å². The van der Waals surface area contributed by atoms with Crippen molar-refractivity contribution in [2.45, 2.75) is 25.5 Å². The number of carbonyl (C=O) groups excluding carboxylic acids is 1. The van der Waals surface area contributed by atoms with Crippen LogP contribution in [-0.2, 0) is 13.7 Å². The van der Waals surface area contributed by atoms with Gasteiger partial charge >= 0.3 is 6.36 Å². The Labute approximate surface area is 185 Å². The number of hydrogen-bond acceptors (Lipinski definition) is 8. The lowest BCUT2D eigenvalue weighted by Crippen LogP contribution is -2.29. The molecule has 2 N–H and O–H groups in total. The summed E-state index contributed by atoms with van der Waals surface area (Å²) in [5.41, 5.74) is 0.103. The molecule has 0 bridgehead atoms. The van der Waals surface area contributed by atoms with Crippen LogP contribution in [-0.4, -0.2) is 61.3 Å². The van der Waals surface area contributed by atoms with E-state index >= 15 is 0 Å². The Morgan fingerprint density at radius 1 is 1.27 bits per heavy atom. The molecule has 1 atom stereocenters. The summed E-state index contributed by atoms with van der Waals surface area (Å²) < 4.78 is 52.1. The SMILES string of the molecule is Cn1cc(O)cn1.O=C(c1coc(COc2ccc(OC(F)(F)F)cc2)n1)N1CCC(O)C1. The third-order valence-electron chi connectivity index (χ3n) is 4.33. The third-order valence-corrected chi connectivity index (χ3v) is 4.33. The number of aliphatic hydroxyl groups excluding tert-OH is 1. The standard InChI is InChI=1S/C16H15F3N2O5.C4H6N2O/c17-16(18,19)26-12-3-1-11(2-4-12)24-9-14-20-13(8-25-14)15(23)21-6-5-10(22)7-21;1-6-3-4(7)2-5-6/h1-4,8,10,22H,5-7,9H2;2-3,7H,1H3. The van der Waals surface area contributed by atoms with Gasteiger partial charge in [0.1, 0.15) is 17.8 Å². The van der Waals surface area contributed by atoms with E-state index < -0.39 is 12.5 Å². The van der Waals surface area contributed by atoms with Crippen LogP contribution in [0.25, 0.3) is 0 Å². The summed E-state index contributed by atoms with van der Waals surface area (Å²) in [5, 5.41) is 21.7. The van der Waals surface area contributed by atoms with Crippen LogP contribution in [0.5, 0.6) is 17.2 Å². The first-order chi connectivity index (χ1) is 15.6. The normalized spacial score (nSPS) is 15.7. The highest BCUT2D eigenvalue weighted by molar-refractivity contribution is 5.92. The second-order valence-electron chi connectivity index (χ2n) is 7.00. The van der Waals surface area contributed by atoms with Crippen LogP contribution in [0.1, 0.15) is 22.8 Å². The van der Waals surface area contributed by atoms with Crippen molar-refractivity contribution < 1.29 is 42.1 Å². The zero-order chi connectivity index (χ0) is 24.0. The number of likely N-dealkylation sites (tertiary alicyclic amines) is 1. The number of nitrogens with zero attached hydrogens (tertiary/aromatic N) is 4. The van der Waals surface area contributed by atoms with Crippen molar-refractivity contribution in [2.24, 2.45) is 7.05 Å². The Morgan fingerprint density at radius 3 is 2.48 bits per heavy atom. The van der Waals surface area contributed by atoms with E-state index in [9.17, 15) is 23.1 Å². The first kappa shape index (κ1) is 23.9. The predicted molar refractivity (Wildman–Crippen MR) is 105 cm³/mol. The largest absolute Gasteiger partial charge is 0.573 e. The number of oxazole rings is 1. The van der Waals surface area contributed by atoms with Gasteiger partial charge in [0, 0.05) is 20.1 Å². The highest BCUT2D eigenvalue weighted by Crippen LogP contribution is 2.25. The number of alkyl halides is 3. The van der Waals surface area contributed by atoms with E-state index in [-0.39, 0.29) is 47.9 Å². The Bertz CT molecular complexity index is 1030. The average molecular weight is 470 g/mol. The minimum Gasteiger partial charge on any atom is -0.505 e. The number of carbonyl (C=O) groups is 1. The average Bonchev–Trinajstić information content (AvgIpc) is 3.48. The summed E-state index contributed by atoms with van der Waals surface area (Å²) in [6.45, 7) is 0.601. The highest BCUT2D eigenvalue weighted by atomic mass is 19.4. The van der Waals surface area contributed by atoms with E-state index in [2.05, 4.69) is 14.8 Å². The summed E-state index contributed by atoms with van der Waals surface area (Å²) in [5.74, 6) is -0.0636. The molecule has 3 heterocycles. The molecule has 4 rings (SSSR count). The van der Waals surface area contributed by atoms with E-state index in [4.69, 9.17) is 14.3 Å². The lowest BCUT2D eigenvalue weighted by atomic mass is 10.3. The summed E-state index contributed by atoms with van der Waals surface area (Å²) >= 11 is 0. The van der Waals surface area contributed by atoms with Crippen molar-refractivity contribution in [1.29, 1.82) is 0 Å². The number of ether oxygens (including phenoxy) is 2. The van der Waals surface area contributed by atoms with Crippen molar-refractivity contribution >= 4 is 5.91 Å². The molecule has 0 saturated carbocycles. The fourth-order valence-electron chi connectivity index (χ4n) is 2.85.